The molecule has 146 valence electrons. The average Bonchev–Trinajstić information content (AvgIpc) is 2.73. The Kier molecular flexibility index (Phi) is 4.78. The summed E-state index contributed by atoms with van der Waals surface area (Å²) in [6.07, 6.45) is 4.66. The van der Waals surface area contributed by atoms with Crippen LogP contribution in [-0.2, 0) is 0 Å². The summed E-state index contributed by atoms with van der Waals surface area (Å²) < 4.78 is 0. The van der Waals surface area contributed by atoms with Gasteiger partial charge in [-0.2, -0.15) is 0 Å². The first-order valence-corrected chi connectivity index (χ1v) is 9.00. The van der Waals surface area contributed by atoms with Crippen molar-refractivity contribution in [3.8, 4) is 11.3 Å². The van der Waals surface area contributed by atoms with Gasteiger partial charge in [-0.15, -0.1) is 0 Å². The number of nitrogens with two attached hydrogens (primary N) is 1. The molecule has 0 radical (unpaired) electrons. The number of carbonyl (C=O) groups excluding carboxylic acids is 2. The maximum Gasteiger partial charge on any atom is 0.278 e. The second-order valence-electron chi connectivity index (χ2n) is 6.59. The van der Waals surface area contributed by atoms with Crippen LogP contribution in [0.1, 0.15) is 20.8 Å². The highest BCUT2D eigenvalue weighted by molar-refractivity contribution is 6.07. The molecule has 3 heterocycles. The Balaban J connectivity index is 1.83. The number of rotatable bonds is 0. The van der Waals surface area contributed by atoms with Crippen molar-refractivity contribution in [1.82, 2.24) is 20.3 Å². The van der Waals surface area contributed by atoms with E-state index in [0.717, 1.165) is 5.69 Å². The zero-order chi connectivity index (χ0) is 20.4. The molecule has 9 nitrogen and oxygen atoms in total. The van der Waals surface area contributed by atoms with Crippen LogP contribution in [0.25, 0.3) is 11.3 Å². The minimum Gasteiger partial charge on any atom is -0.382 e. The molecule has 3 aromatic rings. The lowest BCUT2D eigenvalue weighted by Gasteiger charge is -2.22. The lowest BCUT2D eigenvalue weighted by molar-refractivity contribution is 0.0954. The van der Waals surface area contributed by atoms with Crippen molar-refractivity contribution >= 4 is 29.0 Å². The van der Waals surface area contributed by atoms with Crippen LogP contribution in [0.15, 0.2) is 48.9 Å². The van der Waals surface area contributed by atoms with E-state index < -0.39 is 5.91 Å². The summed E-state index contributed by atoms with van der Waals surface area (Å²) in [4.78, 5) is 39.9. The van der Waals surface area contributed by atoms with E-state index in [4.69, 9.17) is 5.73 Å². The number of anilines is 3. The normalized spacial score (nSPS) is 14.2. The molecule has 0 saturated heterocycles. The molecule has 0 spiro atoms. The summed E-state index contributed by atoms with van der Waals surface area (Å²) in [5, 5.41) is 5.72. The van der Waals surface area contributed by atoms with Gasteiger partial charge in [-0.1, -0.05) is 12.1 Å². The number of nitrogens with one attached hydrogen (secondary N) is 2. The fourth-order valence-electron chi connectivity index (χ4n) is 3.08. The van der Waals surface area contributed by atoms with Gasteiger partial charge in [-0.05, 0) is 18.2 Å². The molecule has 4 rings (SSSR count). The van der Waals surface area contributed by atoms with E-state index in [-0.39, 0.29) is 17.4 Å². The van der Waals surface area contributed by atoms with Crippen LogP contribution >= 0.6 is 0 Å². The summed E-state index contributed by atoms with van der Waals surface area (Å²) in [6.45, 7) is 0.962. The third-order valence-corrected chi connectivity index (χ3v) is 4.63. The maximum absolute atomic E-state index is 12.9. The van der Waals surface area contributed by atoms with Crippen molar-refractivity contribution in [3.63, 3.8) is 0 Å². The van der Waals surface area contributed by atoms with Crippen molar-refractivity contribution in [2.24, 2.45) is 0 Å². The second-order valence-corrected chi connectivity index (χ2v) is 6.59. The maximum atomic E-state index is 12.9. The summed E-state index contributed by atoms with van der Waals surface area (Å²) in [5.41, 5.74) is 8.77. The van der Waals surface area contributed by atoms with Crippen LogP contribution in [0.3, 0.4) is 0 Å². The lowest BCUT2D eigenvalue weighted by atomic mass is 10.1. The molecule has 9 heteroatoms. The Morgan fingerprint density at radius 3 is 2.79 bits per heavy atom. The molecule has 0 saturated carbocycles. The molecule has 0 atom stereocenters. The molecule has 1 aliphatic heterocycles. The van der Waals surface area contributed by atoms with Crippen molar-refractivity contribution in [2.45, 2.75) is 0 Å². The number of pyridine rings is 1. The molecule has 1 aliphatic rings. The predicted octanol–water partition coefficient (Wildman–Crippen LogP) is 1.55. The second kappa shape index (κ2) is 7.55. The van der Waals surface area contributed by atoms with Crippen LogP contribution in [-0.4, -0.2) is 46.9 Å². The van der Waals surface area contributed by atoms with Gasteiger partial charge in [0, 0.05) is 37.5 Å². The first-order chi connectivity index (χ1) is 14.0. The lowest BCUT2D eigenvalue weighted by Crippen LogP contribution is -2.33. The van der Waals surface area contributed by atoms with Gasteiger partial charge < -0.3 is 21.3 Å². The van der Waals surface area contributed by atoms with Gasteiger partial charge >= 0.3 is 0 Å². The van der Waals surface area contributed by atoms with Gasteiger partial charge in [0.2, 0.25) is 0 Å². The number of nitrogen functional groups attached to an aromatic ring is 1. The molecule has 29 heavy (non-hydrogen) atoms. The molecule has 4 bridgehead atoms. The number of hydrogen-bond acceptors (Lipinski definition) is 7. The minimum absolute atomic E-state index is 0.00434. The smallest absolute Gasteiger partial charge is 0.278 e. The number of likely N-dealkylation sites (N-methyl/N-ethyl adjacent to an activating group) is 1. The number of carbonyl (C=O) groups is 2. The molecule has 1 aromatic carbocycles. The fraction of sp³-hybridized carbons (Fsp3) is 0.150. The summed E-state index contributed by atoms with van der Waals surface area (Å²) in [6, 6.07) is 8.76. The van der Waals surface area contributed by atoms with Crippen molar-refractivity contribution in [2.75, 3.05) is 36.1 Å². The summed E-state index contributed by atoms with van der Waals surface area (Å²) in [5.74, 6) is -0.661. The molecule has 0 aliphatic carbocycles. The molecule has 0 unspecified atom stereocenters. The van der Waals surface area contributed by atoms with Crippen LogP contribution < -0.4 is 21.3 Å². The van der Waals surface area contributed by atoms with Gasteiger partial charge in [0.05, 0.1) is 29.5 Å². The van der Waals surface area contributed by atoms with E-state index >= 15 is 0 Å². The Labute approximate surface area is 167 Å². The Bertz CT molecular complexity index is 1100. The molecule has 4 N–H and O–H groups in total. The van der Waals surface area contributed by atoms with Crippen molar-refractivity contribution in [1.29, 1.82) is 0 Å². The highest BCUT2D eigenvalue weighted by Gasteiger charge is 2.19. The number of benzene rings is 1. The van der Waals surface area contributed by atoms with Crippen molar-refractivity contribution < 1.29 is 9.59 Å². The monoisotopic (exact) mass is 389 g/mol. The molecular weight excluding hydrogens is 370 g/mol. The minimum atomic E-state index is -0.486. The highest BCUT2D eigenvalue weighted by atomic mass is 16.2. The molecule has 2 aromatic heterocycles. The average molecular weight is 389 g/mol. The largest absolute Gasteiger partial charge is 0.382 e. The van der Waals surface area contributed by atoms with Crippen LogP contribution in [0.4, 0.5) is 17.2 Å². The number of hydrogen-bond donors (Lipinski definition) is 3. The first kappa shape index (κ1) is 18.4. The van der Waals surface area contributed by atoms with Crippen LogP contribution in [0.2, 0.25) is 0 Å². The Hall–Kier alpha value is -4.01. The molecular formula is C20H19N7O2. The van der Waals surface area contributed by atoms with Crippen LogP contribution in [0.5, 0.6) is 0 Å². The predicted molar refractivity (Wildman–Crippen MR) is 110 cm³/mol. The standard InChI is InChI=1S/C20H19N7O2/c1-27-8-7-23-19(28)13-4-2-3-12(9-13)14-11-24-18(21)17(25-14)20(29)26-15-10-22-6-5-16(15)27/h2-6,9-11H,7-8H2,1H3,(H2,21,24)(H,23,28)(H,26,29). The van der Waals surface area contributed by atoms with Gasteiger partial charge in [0.25, 0.3) is 11.8 Å². The third kappa shape index (κ3) is 3.70. The van der Waals surface area contributed by atoms with Gasteiger partial charge in [-0.3, -0.25) is 14.6 Å². The fourth-order valence-corrected chi connectivity index (χ4v) is 3.08. The first-order valence-electron chi connectivity index (χ1n) is 9.00. The number of aromatic nitrogens is 3. The Morgan fingerprint density at radius 1 is 1.10 bits per heavy atom. The number of fused-ring (bicyclic) bond motifs is 6. The zero-order valence-electron chi connectivity index (χ0n) is 15.7. The van der Waals surface area contributed by atoms with E-state index in [9.17, 15) is 9.59 Å². The number of amides is 2. The topological polar surface area (TPSA) is 126 Å². The SMILES string of the molecule is CN1CCNC(=O)c2cccc(c2)-c2cnc(N)c(n2)C(=O)Nc2cnccc21. The Morgan fingerprint density at radius 2 is 1.93 bits per heavy atom. The quantitative estimate of drug-likeness (QED) is 0.532. The summed E-state index contributed by atoms with van der Waals surface area (Å²) >= 11 is 0. The highest BCUT2D eigenvalue weighted by Crippen LogP contribution is 2.25. The van der Waals surface area contributed by atoms with Gasteiger partial charge in [0.15, 0.2) is 11.5 Å². The summed E-state index contributed by atoms with van der Waals surface area (Å²) in [7, 11) is 1.87. The number of nitrogens with zero attached hydrogens (tertiary/aromatic N) is 4. The van der Waals surface area contributed by atoms with E-state index in [1.165, 1.54) is 6.20 Å². The molecule has 2 amide bonds. The van der Waals surface area contributed by atoms with E-state index in [1.807, 2.05) is 11.9 Å². The van der Waals surface area contributed by atoms with E-state index in [2.05, 4.69) is 25.6 Å². The van der Waals surface area contributed by atoms with E-state index in [1.54, 1.807) is 42.7 Å². The molecule has 0 fully saturated rings. The van der Waals surface area contributed by atoms with Gasteiger partial charge in [-0.25, -0.2) is 9.97 Å². The van der Waals surface area contributed by atoms with Crippen molar-refractivity contribution in [3.05, 3.63) is 60.2 Å². The van der Waals surface area contributed by atoms with Crippen LogP contribution in [0, 0.1) is 0 Å². The third-order valence-electron chi connectivity index (χ3n) is 4.63. The zero-order valence-corrected chi connectivity index (χ0v) is 15.7. The van der Waals surface area contributed by atoms with Gasteiger partial charge in [0.1, 0.15) is 0 Å². The van der Waals surface area contributed by atoms with E-state index in [0.29, 0.717) is 35.6 Å².